The van der Waals surface area contributed by atoms with Crippen molar-refractivity contribution in [3.05, 3.63) is 65.2 Å². The van der Waals surface area contributed by atoms with Crippen LogP contribution in [0.15, 0.2) is 48.5 Å². The normalized spacial score (nSPS) is 14.6. The molecule has 3 rings (SSSR count). The summed E-state index contributed by atoms with van der Waals surface area (Å²) in [6, 6.07) is 15.3. The molecule has 1 heterocycles. The summed E-state index contributed by atoms with van der Waals surface area (Å²) in [6.45, 7) is 6.40. The minimum Gasteiger partial charge on any atom is -0.484 e. The van der Waals surface area contributed by atoms with E-state index in [1.54, 1.807) is 4.90 Å². The number of ether oxygens (including phenoxy) is 1. The highest BCUT2D eigenvalue weighted by molar-refractivity contribution is 5.94. The van der Waals surface area contributed by atoms with Crippen LogP contribution in [0, 0.1) is 13.8 Å². The number of carbonyl (C=O) groups excluding carboxylic acids is 2. The summed E-state index contributed by atoms with van der Waals surface area (Å²) in [5, 5.41) is 0. The number of hydrogen-bond acceptors (Lipinski definition) is 3. The molecule has 2 aromatic carbocycles. The Bertz CT molecular complexity index is 801. The third-order valence-corrected chi connectivity index (χ3v) is 4.78. The molecule has 0 radical (unpaired) electrons. The Balaban J connectivity index is 1.53. The number of carbonyl (C=O) groups is 2. The van der Waals surface area contributed by atoms with Gasteiger partial charge in [0.1, 0.15) is 5.75 Å². The fourth-order valence-electron chi connectivity index (χ4n) is 3.20. The number of benzene rings is 2. The molecule has 0 spiro atoms. The second-order valence-electron chi connectivity index (χ2n) is 7.00. The van der Waals surface area contributed by atoms with Crippen molar-refractivity contribution in [1.82, 2.24) is 9.80 Å². The zero-order valence-corrected chi connectivity index (χ0v) is 16.0. The van der Waals surface area contributed by atoms with Gasteiger partial charge in [0.05, 0.1) is 0 Å². The van der Waals surface area contributed by atoms with Gasteiger partial charge in [0, 0.05) is 31.7 Å². The predicted octanol–water partition coefficient (Wildman–Crippen LogP) is 3.06. The second-order valence-corrected chi connectivity index (χ2v) is 7.00. The van der Waals surface area contributed by atoms with E-state index in [4.69, 9.17) is 4.74 Å². The van der Waals surface area contributed by atoms with Gasteiger partial charge in [-0.3, -0.25) is 9.59 Å². The van der Waals surface area contributed by atoms with Gasteiger partial charge in [-0.25, -0.2) is 0 Å². The second kappa shape index (κ2) is 8.71. The van der Waals surface area contributed by atoms with Gasteiger partial charge in [0.25, 0.3) is 11.8 Å². The first-order valence-corrected chi connectivity index (χ1v) is 9.36. The summed E-state index contributed by atoms with van der Waals surface area (Å²) in [5.41, 5.74) is 2.93. The van der Waals surface area contributed by atoms with Gasteiger partial charge >= 0.3 is 0 Å². The zero-order chi connectivity index (χ0) is 19.2. The van der Waals surface area contributed by atoms with Crippen molar-refractivity contribution < 1.29 is 14.3 Å². The molecular formula is C22H26N2O3. The standard InChI is InChI=1S/C22H26N2O3/c1-17-7-9-20(10-8-17)27-16-21(25)23-11-4-12-24(14-13-23)22(26)19-6-3-5-18(2)15-19/h3,5-10,15H,4,11-14,16H2,1-2H3. The first-order chi connectivity index (χ1) is 13.0. The number of nitrogens with zero attached hydrogens (tertiary/aromatic N) is 2. The largest absolute Gasteiger partial charge is 0.484 e. The van der Waals surface area contributed by atoms with Crippen LogP contribution in [-0.2, 0) is 4.79 Å². The van der Waals surface area contributed by atoms with E-state index in [0.29, 0.717) is 37.5 Å². The predicted molar refractivity (Wildman–Crippen MR) is 105 cm³/mol. The van der Waals surface area contributed by atoms with E-state index >= 15 is 0 Å². The highest BCUT2D eigenvalue weighted by Crippen LogP contribution is 2.13. The van der Waals surface area contributed by atoms with E-state index in [1.807, 2.05) is 67.3 Å². The minimum atomic E-state index is -0.0413. The molecule has 0 saturated carbocycles. The Morgan fingerprint density at radius 1 is 0.889 bits per heavy atom. The van der Waals surface area contributed by atoms with Crippen LogP contribution >= 0.6 is 0 Å². The monoisotopic (exact) mass is 366 g/mol. The van der Waals surface area contributed by atoms with Crippen LogP contribution in [0.4, 0.5) is 0 Å². The smallest absolute Gasteiger partial charge is 0.260 e. The Kier molecular flexibility index (Phi) is 6.12. The van der Waals surface area contributed by atoms with Gasteiger partial charge in [0.2, 0.25) is 0 Å². The molecule has 2 amide bonds. The topological polar surface area (TPSA) is 49.9 Å². The summed E-state index contributed by atoms with van der Waals surface area (Å²) in [6.07, 6.45) is 0.772. The van der Waals surface area contributed by atoms with Crippen LogP contribution in [0.25, 0.3) is 0 Å². The quantitative estimate of drug-likeness (QED) is 0.836. The number of amides is 2. The van der Waals surface area contributed by atoms with Crippen molar-refractivity contribution in [2.24, 2.45) is 0 Å². The Labute approximate surface area is 160 Å². The van der Waals surface area contributed by atoms with Crippen molar-refractivity contribution in [1.29, 1.82) is 0 Å². The maximum Gasteiger partial charge on any atom is 0.260 e. The van der Waals surface area contributed by atoms with Gasteiger partial charge in [-0.2, -0.15) is 0 Å². The molecule has 0 aromatic heterocycles. The number of rotatable bonds is 4. The van der Waals surface area contributed by atoms with E-state index in [0.717, 1.165) is 17.5 Å². The van der Waals surface area contributed by atoms with Gasteiger partial charge in [-0.05, 0) is 44.5 Å². The fourth-order valence-corrected chi connectivity index (χ4v) is 3.20. The average Bonchev–Trinajstić information content (AvgIpc) is 2.93. The molecule has 5 nitrogen and oxygen atoms in total. The van der Waals surface area contributed by atoms with E-state index < -0.39 is 0 Å². The molecule has 1 fully saturated rings. The molecule has 5 heteroatoms. The molecule has 1 aliphatic rings. The highest BCUT2D eigenvalue weighted by atomic mass is 16.5. The van der Waals surface area contributed by atoms with Crippen molar-refractivity contribution >= 4 is 11.8 Å². The molecule has 142 valence electrons. The third kappa shape index (κ3) is 5.09. The van der Waals surface area contributed by atoms with Crippen LogP contribution in [0.5, 0.6) is 5.75 Å². The Morgan fingerprint density at radius 2 is 1.59 bits per heavy atom. The van der Waals surface area contributed by atoms with Gasteiger partial charge in [0.15, 0.2) is 6.61 Å². The van der Waals surface area contributed by atoms with Crippen molar-refractivity contribution in [3.8, 4) is 5.75 Å². The number of hydrogen-bond donors (Lipinski definition) is 0. The molecule has 0 N–H and O–H groups in total. The summed E-state index contributed by atoms with van der Waals surface area (Å²) < 4.78 is 5.60. The number of aryl methyl sites for hydroxylation is 2. The van der Waals surface area contributed by atoms with Crippen LogP contribution in [0.1, 0.15) is 27.9 Å². The lowest BCUT2D eigenvalue weighted by atomic mass is 10.1. The fraction of sp³-hybridized carbons (Fsp3) is 0.364. The molecule has 0 bridgehead atoms. The van der Waals surface area contributed by atoms with Crippen LogP contribution in [0.2, 0.25) is 0 Å². The van der Waals surface area contributed by atoms with Crippen LogP contribution in [0.3, 0.4) is 0 Å². The van der Waals surface area contributed by atoms with Crippen molar-refractivity contribution in [2.75, 3.05) is 32.8 Å². The maximum atomic E-state index is 12.7. The van der Waals surface area contributed by atoms with Gasteiger partial charge < -0.3 is 14.5 Å². The SMILES string of the molecule is Cc1ccc(OCC(=O)N2CCCN(C(=O)c3cccc(C)c3)CC2)cc1. The molecular weight excluding hydrogens is 340 g/mol. The molecule has 1 saturated heterocycles. The zero-order valence-electron chi connectivity index (χ0n) is 16.0. The van der Waals surface area contributed by atoms with Crippen LogP contribution in [-0.4, -0.2) is 54.4 Å². The maximum absolute atomic E-state index is 12.7. The molecule has 27 heavy (non-hydrogen) atoms. The first-order valence-electron chi connectivity index (χ1n) is 9.36. The van der Waals surface area contributed by atoms with Gasteiger partial charge in [-0.1, -0.05) is 35.4 Å². The van der Waals surface area contributed by atoms with E-state index in [9.17, 15) is 9.59 Å². The average molecular weight is 366 g/mol. The van der Waals surface area contributed by atoms with Gasteiger partial charge in [-0.15, -0.1) is 0 Å². The lowest BCUT2D eigenvalue weighted by molar-refractivity contribution is -0.133. The summed E-state index contributed by atoms with van der Waals surface area (Å²) in [7, 11) is 0. The lowest BCUT2D eigenvalue weighted by Crippen LogP contribution is -2.39. The third-order valence-electron chi connectivity index (χ3n) is 4.78. The molecule has 2 aromatic rings. The molecule has 0 aliphatic carbocycles. The highest BCUT2D eigenvalue weighted by Gasteiger charge is 2.23. The van der Waals surface area contributed by atoms with Crippen LogP contribution < -0.4 is 4.74 Å². The summed E-state index contributed by atoms with van der Waals surface area (Å²) in [4.78, 5) is 28.8. The minimum absolute atomic E-state index is 0.0227. The Morgan fingerprint density at radius 3 is 2.33 bits per heavy atom. The van der Waals surface area contributed by atoms with Crippen molar-refractivity contribution in [2.45, 2.75) is 20.3 Å². The summed E-state index contributed by atoms with van der Waals surface area (Å²) >= 11 is 0. The van der Waals surface area contributed by atoms with E-state index in [-0.39, 0.29) is 18.4 Å². The molecule has 0 atom stereocenters. The van der Waals surface area contributed by atoms with E-state index in [1.165, 1.54) is 0 Å². The molecule has 0 unspecified atom stereocenters. The van der Waals surface area contributed by atoms with E-state index in [2.05, 4.69) is 0 Å². The lowest BCUT2D eigenvalue weighted by Gasteiger charge is -2.22. The van der Waals surface area contributed by atoms with Crippen molar-refractivity contribution in [3.63, 3.8) is 0 Å². The molecule has 1 aliphatic heterocycles. The Hall–Kier alpha value is -2.82. The summed E-state index contributed by atoms with van der Waals surface area (Å²) in [5.74, 6) is 0.685. The first kappa shape index (κ1) is 19.0.